The summed E-state index contributed by atoms with van der Waals surface area (Å²) in [6.07, 6.45) is 1.87. The van der Waals surface area contributed by atoms with Crippen molar-refractivity contribution >= 4 is 0 Å². The summed E-state index contributed by atoms with van der Waals surface area (Å²) in [4.78, 5) is 4.71. The molecule has 0 aliphatic carbocycles. The number of rotatable bonds is 3. The van der Waals surface area contributed by atoms with Gasteiger partial charge in [-0.15, -0.1) is 0 Å². The van der Waals surface area contributed by atoms with Gasteiger partial charge in [-0.1, -0.05) is 13.8 Å². The number of β-amino-alcohol motifs (C(OH)–C–C–N with tert-alkyl or cyclic N) is 2. The van der Waals surface area contributed by atoms with Crippen LogP contribution in [0.15, 0.2) is 0 Å². The van der Waals surface area contributed by atoms with Crippen LogP contribution in [0.5, 0.6) is 0 Å². The van der Waals surface area contributed by atoms with E-state index in [1.165, 1.54) is 0 Å². The molecule has 0 saturated carbocycles. The zero-order valence-corrected chi connectivity index (χ0v) is 11.8. The maximum Gasteiger partial charge on any atom is 0.0693 e. The first kappa shape index (κ1) is 14.3. The van der Waals surface area contributed by atoms with E-state index in [2.05, 4.69) is 23.6 Å². The number of hydrogen-bond donors (Lipinski definition) is 2. The number of aliphatic hydroxyl groups is 2. The Balaban J connectivity index is 1.69. The molecule has 2 heterocycles. The van der Waals surface area contributed by atoms with Crippen molar-refractivity contribution in [2.24, 2.45) is 11.8 Å². The Bertz CT molecular complexity index is 236. The van der Waals surface area contributed by atoms with Gasteiger partial charge in [0.2, 0.25) is 0 Å². The van der Waals surface area contributed by atoms with Crippen LogP contribution in [0.2, 0.25) is 0 Å². The van der Waals surface area contributed by atoms with Gasteiger partial charge in [-0.3, -0.25) is 9.80 Å². The minimum atomic E-state index is -0.161. The van der Waals surface area contributed by atoms with Gasteiger partial charge in [-0.2, -0.15) is 0 Å². The predicted molar refractivity (Wildman–Crippen MR) is 72.5 cm³/mol. The molecule has 4 heteroatoms. The summed E-state index contributed by atoms with van der Waals surface area (Å²) in [5.74, 6) is 0.887. The molecule has 2 aliphatic rings. The third-order valence-electron chi connectivity index (χ3n) is 4.74. The Morgan fingerprint density at radius 3 is 1.56 bits per heavy atom. The highest BCUT2D eigenvalue weighted by Gasteiger charge is 2.26. The van der Waals surface area contributed by atoms with E-state index >= 15 is 0 Å². The molecule has 0 spiro atoms. The molecule has 0 radical (unpaired) electrons. The normalized spacial score (nSPS) is 40.0. The Hall–Kier alpha value is -0.160. The maximum atomic E-state index is 9.87. The largest absolute Gasteiger partial charge is 0.392 e. The van der Waals surface area contributed by atoms with Crippen LogP contribution in [0.4, 0.5) is 0 Å². The third-order valence-corrected chi connectivity index (χ3v) is 4.74. The molecule has 2 aliphatic heterocycles. The van der Waals surface area contributed by atoms with E-state index in [4.69, 9.17) is 0 Å². The van der Waals surface area contributed by atoms with Crippen LogP contribution in [0.25, 0.3) is 0 Å². The zero-order valence-electron chi connectivity index (χ0n) is 11.8. The average molecular weight is 256 g/mol. The molecule has 0 aromatic rings. The number of piperidine rings is 2. The van der Waals surface area contributed by atoms with Crippen LogP contribution in [-0.4, -0.2) is 71.5 Å². The Kier molecular flexibility index (Phi) is 5.01. The van der Waals surface area contributed by atoms with Crippen molar-refractivity contribution in [1.29, 1.82) is 0 Å². The monoisotopic (exact) mass is 256 g/mol. The van der Waals surface area contributed by atoms with E-state index in [9.17, 15) is 10.2 Å². The molecule has 2 N–H and O–H groups in total. The molecular weight excluding hydrogens is 228 g/mol. The van der Waals surface area contributed by atoms with Crippen LogP contribution in [0.3, 0.4) is 0 Å². The molecule has 2 fully saturated rings. The Labute approximate surface area is 111 Å². The number of hydrogen-bond acceptors (Lipinski definition) is 4. The second kappa shape index (κ2) is 6.33. The van der Waals surface area contributed by atoms with Crippen molar-refractivity contribution in [2.75, 3.05) is 39.3 Å². The molecule has 106 valence electrons. The lowest BCUT2D eigenvalue weighted by molar-refractivity contribution is 0.00696. The molecule has 2 rings (SSSR count). The quantitative estimate of drug-likeness (QED) is 0.767. The Morgan fingerprint density at radius 1 is 0.833 bits per heavy atom. The summed E-state index contributed by atoms with van der Waals surface area (Å²) < 4.78 is 0. The fraction of sp³-hybridized carbons (Fsp3) is 1.00. The second-order valence-corrected chi connectivity index (χ2v) is 6.27. The molecule has 2 saturated heterocycles. The summed E-state index contributed by atoms with van der Waals surface area (Å²) in [6.45, 7) is 10.1. The standard InChI is InChI=1S/C14H28N2O2/c1-11-3-5-15(9-13(11)17)7-8-16-6-4-12(2)14(18)10-16/h11-14,17-18H,3-10H2,1-2H3. The van der Waals surface area contributed by atoms with Crippen molar-refractivity contribution < 1.29 is 10.2 Å². The molecule has 4 nitrogen and oxygen atoms in total. The first-order valence-corrected chi connectivity index (χ1v) is 7.37. The zero-order chi connectivity index (χ0) is 13.1. The fourth-order valence-corrected chi connectivity index (χ4v) is 2.92. The first-order chi connectivity index (χ1) is 8.56. The predicted octanol–water partition coefficient (Wildman–Crippen LogP) is 0.392. The first-order valence-electron chi connectivity index (χ1n) is 7.37. The molecule has 0 aromatic heterocycles. The molecule has 18 heavy (non-hydrogen) atoms. The molecular formula is C14H28N2O2. The lowest BCUT2D eigenvalue weighted by Crippen LogP contribution is -2.48. The van der Waals surface area contributed by atoms with Gasteiger partial charge in [0.25, 0.3) is 0 Å². The minimum Gasteiger partial charge on any atom is -0.392 e. The molecule has 0 bridgehead atoms. The number of likely N-dealkylation sites (tertiary alicyclic amines) is 2. The summed E-state index contributed by atoms with van der Waals surface area (Å²) in [5.41, 5.74) is 0. The van der Waals surface area contributed by atoms with E-state index in [1.807, 2.05) is 0 Å². The highest BCUT2D eigenvalue weighted by atomic mass is 16.3. The van der Waals surface area contributed by atoms with Gasteiger partial charge in [-0.05, 0) is 37.8 Å². The molecule has 4 atom stereocenters. The number of aliphatic hydroxyl groups excluding tert-OH is 2. The Morgan fingerprint density at radius 2 is 1.22 bits per heavy atom. The summed E-state index contributed by atoms with van der Waals surface area (Å²) in [7, 11) is 0. The number of nitrogens with zero attached hydrogens (tertiary/aromatic N) is 2. The smallest absolute Gasteiger partial charge is 0.0693 e. The van der Waals surface area contributed by atoms with E-state index in [0.717, 1.165) is 52.1 Å². The lowest BCUT2D eigenvalue weighted by Gasteiger charge is -2.38. The maximum absolute atomic E-state index is 9.87. The summed E-state index contributed by atoms with van der Waals surface area (Å²) >= 11 is 0. The molecule has 4 unspecified atom stereocenters. The van der Waals surface area contributed by atoms with Gasteiger partial charge in [0.1, 0.15) is 0 Å². The van der Waals surface area contributed by atoms with Crippen molar-refractivity contribution in [1.82, 2.24) is 9.80 Å². The SMILES string of the molecule is CC1CCN(CCN2CCC(C)C(O)C2)CC1O. The van der Waals surface area contributed by atoms with E-state index < -0.39 is 0 Å². The van der Waals surface area contributed by atoms with Crippen LogP contribution >= 0.6 is 0 Å². The summed E-state index contributed by atoms with van der Waals surface area (Å²) in [5, 5.41) is 19.7. The van der Waals surface area contributed by atoms with Gasteiger partial charge >= 0.3 is 0 Å². The summed E-state index contributed by atoms with van der Waals surface area (Å²) in [6, 6.07) is 0. The highest BCUT2D eigenvalue weighted by Crippen LogP contribution is 2.18. The molecule has 0 aromatic carbocycles. The van der Waals surface area contributed by atoms with E-state index in [-0.39, 0.29) is 12.2 Å². The van der Waals surface area contributed by atoms with Gasteiger partial charge in [0.05, 0.1) is 12.2 Å². The van der Waals surface area contributed by atoms with Crippen LogP contribution in [0.1, 0.15) is 26.7 Å². The van der Waals surface area contributed by atoms with Gasteiger partial charge < -0.3 is 10.2 Å². The van der Waals surface area contributed by atoms with Crippen molar-refractivity contribution in [3.8, 4) is 0 Å². The van der Waals surface area contributed by atoms with Crippen LogP contribution < -0.4 is 0 Å². The van der Waals surface area contributed by atoms with Crippen LogP contribution in [-0.2, 0) is 0 Å². The van der Waals surface area contributed by atoms with E-state index in [0.29, 0.717) is 11.8 Å². The third kappa shape index (κ3) is 3.67. The minimum absolute atomic E-state index is 0.161. The van der Waals surface area contributed by atoms with Gasteiger partial charge in [0.15, 0.2) is 0 Å². The van der Waals surface area contributed by atoms with Crippen molar-refractivity contribution in [3.63, 3.8) is 0 Å². The average Bonchev–Trinajstić information content (AvgIpc) is 2.35. The highest BCUT2D eigenvalue weighted by molar-refractivity contribution is 4.80. The lowest BCUT2D eigenvalue weighted by atomic mass is 9.95. The second-order valence-electron chi connectivity index (χ2n) is 6.27. The van der Waals surface area contributed by atoms with Crippen molar-refractivity contribution in [3.05, 3.63) is 0 Å². The van der Waals surface area contributed by atoms with Crippen LogP contribution in [0, 0.1) is 11.8 Å². The van der Waals surface area contributed by atoms with Gasteiger partial charge in [0, 0.05) is 26.2 Å². The van der Waals surface area contributed by atoms with Gasteiger partial charge in [-0.25, -0.2) is 0 Å². The topological polar surface area (TPSA) is 46.9 Å². The van der Waals surface area contributed by atoms with E-state index in [1.54, 1.807) is 0 Å². The van der Waals surface area contributed by atoms with Crippen molar-refractivity contribution in [2.45, 2.75) is 38.9 Å². The molecule has 0 amide bonds. The fourth-order valence-electron chi connectivity index (χ4n) is 2.92.